The Morgan fingerprint density at radius 3 is 2.59 bits per heavy atom. The second kappa shape index (κ2) is 13.6. The maximum absolute atomic E-state index is 5.90. The van der Waals surface area contributed by atoms with Crippen LogP contribution >= 0.6 is 11.9 Å². The van der Waals surface area contributed by atoms with Crippen molar-refractivity contribution in [2.24, 2.45) is 5.73 Å². The maximum atomic E-state index is 5.90. The Morgan fingerprint density at radius 2 is 1.91 bits per heavy atom. The number of nitrogens with zero attached hydrogens (tertiary/aromatic N) is 7. The molecular weight excluding hydrogens is 572 g/mol. The molecule has 11 nitrogen and oxygen atoms in total. The molecule has 0 amide bonds. The summed E-state index contributed by atoms with van der Waals surface area (Å²) in [5, 5.41) is 7.02. The van der Waals surface area contributed by atoms with Gasteiger partial charge in [-0.05, 0) is 69.9 Å². The second-order valence-corrected chi connectivity index (χ2v) is 11.9. The molecule has 0 spiro atoms. The van der Waals surface area contributed by atoms with E-state index in [1.807, 2.05) is 31.5 Å². The smallest absolute Gasteiger partial charge is 0.229 e. The molecule has 1 aliphatic rings. The van der Waals surface area contributed by atoms with Crippen LogP contribution in [0, 0.1) is 6.92 Å². The van der Waals surface area contributed by atoms with E-state index in [9.17, 15) is 0 Å². The number of aromatic nitrogens is 4. The number of rotatable bonds is 11. The SMILES string of the molecule is CCc1nc(Nc2cc(C)c(N3CCC(N(C)C)C3)cc2OC)nc(Nc2ccc3nccnc3c2N(C)SC)c1/C=C\N. The number of ether oxygens (including phenoxy) is 1. The molecule has 232 valence electrons. The molecule has 4 aromatic rings. The van der Waals surface area contributed by atoms with E-state index in [0.717, 1.165) is 70.2 Å². The number of hydrogen-bond acceptors (Lipinski definition) is 12. The summed E-state index contributed by atoms with van der Waals surface area (Å²) in [5.74, 6) is 1.82. The average molecular weight is 615 g/mol. The summed E-state index contributed by atoms with van der Waals surface area (Å²) in [6.07, 6.45) is 10.6. The normalized spacial score (nSPS) is 15.0. The number of fused-ring (bicyclic) bond motifs is 1. The van der Waals surface area contributed by atoms with Gasteiger partial charge >= 0.3 is 0 Å². The van der Waals surface area contributed by atoms with Gasteiger partial charge in [-0.1, -0.05) is 18.9 Å². The fourth-order valence-electron chi connectivity index (χ4n) is 5.66. The number of methoxy groups -OCH3 is 1. The van der Waals surface area contributed by atoms with Crippen LogP contribution in [0.4, 0.5) is 34.5 Å². The highest BCUT2D eigenvalue weighted by atomic mass is 32.2. The van der Waals surface area contributed by atoms with Gasteiger partial charge in [0.2, 0.25) is 5.95 Å². The van der Waals surface area contributed by atoms with E-state index >= 15 is 0 Å². The summed E-state index contributed by atoms with van der Waals surface area (Å²) in [7, 11) is 7.99. The van der Waals surface area contributed by atoms with Crippen LogP contribution in [-0.2, 0) is 6.42 Å². The molecule has 4 N–H and O–H groups in total. The molecule has 44 heavy (non-hydrogen) atoms. The highest BCUT2D eigenvalue weighted by molar-refractivity contribution is 7.99. The van der Waals surface area contributed by atoms with Gasteiger partial charge in [0.15, 0.2) is 0 Å². The number of anilines is 6. The zero-order valence-corrected chi connectivity index (χ0v) is 27.4. The number of benzene rings is 2. The van der Waals surface area contributed by atoms with Gasteiger partial charge in [-0.25, -0.2) is 4.98 Å². The first-order valence-corrected chi connectivity index (χ1v) is 15.9. The van der Waals surface area contributed by atoms with Gasteiger partial charge in [0.25, 0.3) is 0 Å². The Hall–Kier alpha value is -4.29. The second-order valence-electron chi connectivity index (χ2n) is 11.0. The standard InChI is InChI=1S/C32H42N10OS/c1-8-23-22(11-13-33)31(36-25-10-9-24-29(35-15-14-34-24)30(25)41(5)44-7)39-32(37-23)38-26-17-20(2)27(18-28(26)43-6)42-16-12-21(19-42)40(3)4/h9-11,13-15,17-18,21H,8,12,16,19,33H2,1-7H3,(H2,36,37,38,39)/b13-11-. The predicted molar refractivity (Wildman–Crippen MR) is 185 cm³/mol. The van der Waals surface area contributed by atoms with Crippen LogP contribution < -0.4 is 30.3 Å². The molecule has 3 heterocycles. The Kier molecular flexibility index (Phi) is 9.60. The Labute approximate surface area is 264 Å². The van der Waals surface area contributed by atoms with E-state index in [4.69, 9.17) is 20.4 Å². The van der Waals surface area contributed by atoms with Crippen LogP contribution in [0.2, 0.25) is 0 Å². The van der Waals surface area contributed by atoms with E-state index in [1.165, 1.54) is 11.9 Å². The van der Waals surface area contributed by atoms with Crippen molar-refractivity contribution in [3.05, 3.63) is 59.7 Å². The van der Waals surface area contributed by atoms with Gasteiger partial charge in [-0.2, -0.15) is 4.98 Å². The summed E-state index contributed by atoms with van der Waals surface area (Å²) in [4.78, 5) is 23.7. The third-order valence-electron chi connectivity index (χ3n) is 8.08. The molecular formula is C32H42N10OS. The number of likely N-dealkylation sites (N-methyl/N-ethyl adjacent to an activating group) is 1. The first-order chi connectivity index (χ1) is 21.3. The average Bonchev–Trinajstić information content (AvgIpc) is 3.52. The zero-order chi connectivity index (χ0) is 31.4. The predicted octanol–water partition coefficient (Wildman–Crippen LogP) is 5.57. The van der Waals surface area contributed by atoms with Gasteiger partial charge in [0, 0.05) is 62.1 Å². The minimum absolute atomic E-state index is 0.457. The lowest BCUT2D eigenvalue weighted by Crippen LogP contribution is -2.31. The quantitative estimate of drug-likeness (QED) is 0.183. The number of nitrogens with two attached hydrogens (primary N) is 1. The Morgan fingerprint density at radius 1 is 1.11 bits per heavy atom. The van der Waals surface area contributed by atoms with Crippen molar-refractivity contribution >= 4 is 63.6 Å². The molecule has 1 unspecified atom stereocenters. The first kappa shape index (κ1) is 31.1. The van der Waals surface area contributed by atoms with Crippen molar-refractivity contribution < 1.29 is 4.74 Å². The lowest BCUT2D eigenvalue weighted by molar-refractivity contribution is 0.315. The lowest BCUT2D eigenvalue weighted by atomic mass is 10.1. The molecule has 1 atom stereocenters. The van der Waals surface area contributed by atoms with Gasteiger partial charge in [0.05, 0.1) is 35.4 Å². The summed E-state index contributed by atoms with van der Waals surface area (Å²) in [5.41, 5.74) is 14.1. The maximum Gasteiger partial charge on any atom is 0.229 e. The van der Waals surface area contributed by atoms with Crippen molar-refractivity contribution in [1.82, 2.24) is 24.8 Å². The van der Waals surface area contributed by atoms with Crippen molar-refractivity contribution in [2.45, 2.75) is 32.7 Å². The topological polar surface area (TPSA) is 121 Å². The minimum atomic E-state index is 0.457. The molecule has 12 heteroatoms. The molecule has 0 aliphatic carbocycles. The molecule has 2 aromatic carbocycles. The lowest BCUT2D eigenvalue weighted by Gasteiger charge is -2.25. The molecule has 5 rings (SSSR count). The van der Waals surface area contributed by atoms with Crippen LogP contribution in [0.15, 0.2) is 42.9 Å². The highest BCUT2D eigenvalue weighted by Crippen LogP contribution is 2.39. The van der Waals surface area contributed by atoms with Crippen LogP contribution in [0.25, 0.3) is 17.1 Å². The fraction of sp³-hybridized carbons (Fsp3) is 0.375. The van der Waals surface area contributed by atoms with Crippen LogP contribution in [0.5, 0.6) is 5.75 Å². The van der Waals surface area contributed by atoms with Gasteiger partial charge in [0.1, 0.15) is 17.1 Å². The number of aryl methyl sites for hydroxylation is 2. The Bertz CT molecular complexity index is 1660. The van der Waals surface area contributed by atoms with E-state index in [1.54, 1.807) is 31.5 Å². The zero-order valence-electron chi connectivity index (χ0n) is 26.5. The molecule has 0 saturated carbocycles. The summed E-state index contributed by atoms with van der Waals surface area (Å²) in [6.45, 7) is 6.21. The van der Waals surface area contributed by atoms with E-state index in [2.05, 4.69) is 74.8 Å². The first-order valence-electron chi connectivity index (χ1n) is 14.7. The van der Waals surface area contributed by atoms with Gasteiger partial charge in [-0.3, -0.25) is 9.97 Å². The number of nitrogens with one attached hydrogen (secondary N) is 2. The van der Waals surface area contributed by atoms with E-state index < -0.39 is 0 Å². The summed E-state index contributed by atoms with van der Waals surface area (Å²) >= 11 is 1.59. The minimum Gasteiger partial charge on any atom is -0.494 e. The highest BCUT2D eigenvalue weighted by Gasteiger charge is 2.26. The third kappa shape index (κ3) is 6.31. The van der Waals surface area contributed by atoms with Crippen molar-refractivity contribution in [2.75, 3.05) is 67.4 Å². The molecule has 0 bridgehead atoms. The summed E-state index contributed by atoms with van der Waals surface area (Å²) < 4.78 is 7.93. The van der Waals surface area contributed by atoms with Gasteiger partial charge < -0.3 is 35.2 Å². The van der Waals surface area contributed by atoms with Crippen LogP contribution in [0.3, 0.4) is 0 Å². The molecule has 1 fully saturated rings. The Balaban J connectivity index is 1.54. The van der Waals surface area contributed by atoms with Crippen molar-refractivity contribution in [3.8, 4) is 5.75 Å². The molecule has 0 radical (unpaired) electrons. The number of hydrogen-bond donors (Lipinski definition) is 3. The fourth-order valence-corrected chi connectivity index (χ4v) is 6.02. The van der Waals surface area contributed by atoms with E-state index in [-0.39, 0.29) is 0 Å². The van der Waals surface area contributed by atoms with Crippen molar-refractivity contribution in [3.63, 3.8) is 0 Å². The summed E-state index contributed by atoms with van der Waals surface area (Å²) in [6, 6.07) is 8.72. The van der Waals surface area contributed by atoms with E-state index in [0.29, 0.717) is 24.2 Å². The monoisotopic (exact) mass is 614 g/mol. The molecule has 1 aliphatic heterocycles. The van der Waals surface area contributed by atoms with Crippen LogP contribution in [0.1, 0.15) is 30.2 Å². The molecule has 2 aromatic heterocycles. The van der Waals surface area contributed by atoms with Gasteiger partial charge in [-0.15, -0.1) is 0 Å². The van der Waals surface area contributed by atoms with Crippen LogP contribution in [-0.4, -0.2) is 78.5 Å². The molecule has 1 saturated heterocycles. The third-order valence-corrected chi connectivity index (χ3v) is 8.81. The van der Waals surface area contributed by atoms with Crippen molar-refractivity contribution in [1.29, 1.82) is 0 Å². The largest absolute Gasteiger partial charge is 0.494 e.